The molecular weight excluding hydrogens is 216 g/mol. The second-order valence-electron chi connectivity index (χ2n) is 2.74. The summed E-state index contributed by atoms with van der Waals surface area (Å²) in [5.41, 5.74) is 4.41. The fourth-order valence-corrected chi connectivity index (χ4v) is 0.832. The average Bonchev–Trinajstić information content (AvgIpc) is 1.78. The van der Waals surface area contributed by atoms with Crippen molar-refractivity contribution in [3.8, 4) is 0 Å². The molecule has 0 fully saturated rings. The van der Waals surface area contributed by atoms with Crippen LogP contribution in [0.1, 0.15) is 12.8 Å². The van der Waals surface area contributed by atoms with E-state index in [9.17, 15) is 31.1 Å². The third-order valence-corrected chi connectivity index (χ3v) is 1.36. The van der Waals surface area contributed by atoms with Crippen LogP contribution >= 0.6 is 0 Å². The van der Waals surface area contributed by atoms with E-state index in [1.807, 2.05) is 0 Å². The number of carbonyl (C=O) groups is 1. The van der Waals surface area contributed by atoms with Gasteiger partial charge in [-0.3, -0.25) is 4.79 Å². The van der Waals surface area contributed by atoms with Crippen molar-refractivity contribution >= 4 is 5.91 Å². The predicted molar refractivity (Wildman–Crippen MR) is 34.0 cm³/mol. The fraction of sp³-hybridized carbons (Fsp3) is 0.833. The molecule has 8 heteroatoms. The van der Waals surface area contributed by atoms with E-state index in [0.29, 0.717) is 0 Å². The van der Waals surface area contributed by atoms with E-state index in [1.54, 1.807) is 0 Å². The van der Waals surface area contributed by atoms with Gasteiger partial charge >= 0.3 is 12.4 Å². The van der Waals surface area contributed by atoms with Gasteiger partial charge in [0.25, 0.3) is 0 Å². The van der Waals surface area contributed by atoms with Crippen LogP contribution in [0.25, 0.3) is 0 Å². The van der Waals surface area contributed by atoms with Gasteiger partial charge in [0, 0.05) is 0 Å². The lowest BCUT2D eigenvalue weighted by Gasteiger charge is -2.16. The number of carbonyl (C=O) groups excluding carboxylic acids is 1. The number of hydrogen-bond donors (Lipinski definition) is 1. The summed E-state index contributed by atoms with van der Waals surface area (Å²) in [6.07, 6.45) is -13.3. The highest BCUT2D eigenvalue weighted by molar-refractivity contribution is 5.76. The molecule has 0 aliphatic rings. The number of primary amides is 1. The Hall–Kier alpha value is -0.950. The van der Waals surface area contributed by atoms with Crippen LogP contribution in [-0.2, 0) is 4.79 Å². The van der Waals surface area contributed by atoms with Crippen LogP contribution in [0.2, 0.25) is 0 Å². The van der Waals surface area contributed by atoms with Gasteiger partial charge in [0.05, 0.1) is 18.8 Å². The van der Waals surface area contributed by atoms with Crippen molar-refractivity contribution in [1.29, 1.82) is 0 Å². The highest BCUT2D eigenvalue weighted by Gasteiger charge is 2.41. The van der Waals surface area contributed by atoms with E-state index in [4.69, 9.17) is 0 Å². The molecule has 0 radical (unpaired) electrons. The molecule has 2 nitrogen and oxygen atoms in total. The van der Waals surface area contributed by atoms with Crippen LogP contribution in [0.4, 0.5) is 26.3 Å². The molecule has 0 atom stereocenters. The summed E-state index contributed by atoms with van der Waals surface area (Å²) >= 11 is 0. The Labute approximate surface area is 75.1 Å². The SMILES string of the molecule is NC(=O)C(CC(F)(F)F)CC(F)(F)F. The molecule has 0 rings (SSSR count). The summed E-state index contributed by atoms with van der Waals surface area (Å²) < 4.78 is 70.0. The van der Waals surface area contributed by atoms with E-state index < -0.39 is 37.0 Å². The average molecular weight is 223 g/mol. The molecule has 0 aliphatic carbocycles. The van der Waals surface area contributed by atoms with Crippen molar-refractivity contribution in [2.24, 2.45) is 11.7 Å². The molecule has 0 saturated heterocycles. The standard InChI is InChI=1S/C6H7F6NO/c7-5(8,9)1-3(4(13)14)2-6(10,11)12/h3H,1-2H2,(H2,13,14). The first-order chi connectivity index (χ1) is 6.01. The number of halogens is 6. The van der Waals surface area contributed by atoms with Crippen LogP contribution in [-0.4, -0.2) is 18.3 Å². The van der Waals surface area contributed by atoms with Gasteiger partial charge in [-0.25, -0.2) is 0 Å². The van der Waals surface area contributed by atoms with E-state index in [0.717, 1.165) is 0 Å². The van der Waals surface area contributed by atoms with E-state index in [1.165, 1.54) is 0 Å². The zero-order valence-corrected chi connectivity index (χ0v) is 6.74. The molecule has 0 bridgehead atoms. The maximum absolute atomic E-state index is 11.7. The highest BCUT2D eigenvalue weighted by atomic mass is 19.4. The predicted octanol–water partition coefficient (Wildman–Crippen LogP) is 1.99. The Morgan fingerprint density at radius 1 is 1.00 bits per heavy atom. The maximum atomic E-state index is 11.7. The summed E-state index contributed by atoms with van der Waals surface area (Å²) in [4.78, 5) is 10.3. The third kappa shape index (κ3) is 6.55. The molecule has 2 N–H and O–H groups in total. The molecular formula is C6H7F6NO. The van der Waals surface area contributed by atoms with Gasteiger partial charge in [0.2, 0.25) is 5.91 Å². The smallest absolute Gasteiger partial charge is 0.369 e. The number of alkyl halides is 6. The second kappa shape index (κ2) is 4.05. The summed E-state index contributed by atoms with van der Waals surface area (Å²) in [5.74, 6) is -3.84. The largest absolute Gasteiger partial charge is 0.389 e. The Morgan fingerprint density at radius 2 is 1.29 bits per heavy atom. The first-order valence-corrected chi connectivity index (χ1v) is 3.44. The lowest BCUT2D eigenvalue weighted by molar-refractivity contribution is -0.177. The van der Waals surface area contributed by atoms with Crippen LogP contribution < -0.4 is 5.73 Å². The normalized spacial score (nSPS) is 13.4. The topological polar surface area (TPSA) is 43.1 Å². The van der Waals surface area contributed by atoms with Crippen molar-refractivity contribution in [1.82, 2.24) is 0 Å². The van der Waals surface area contributed by atoms with Gasteiger partial charge < -0.3 is 5.73 Å². The first-order valence-electron chi connectivity index (χ1n) is 3.44. The third-order valence-electron chi connectivity index (χ3n) is 1.36. The lowest BCUT2D eigenvalue weighted by Crippen LogP contribution is -2.32. The van der Waals surface area contributed by atoms with Gasteiger partial charge in [0.15, 0.2) is 0 Å². The number of nitrogens with two attached hydrogens (primary N) is 1. The van der Waals surface area contributed by atoms with Gasteiger partial charge in [-0.05, 0) is 0 Å². The zero-order valence-electron chi connectivity index (χ0n) is 6.74. The number of rotatable bonds is 3. The van der Waals surface area contributed by atoms with Gasteiger partial charge in [-0.15, -0.1) is 0 Å². The molecule has 0 heterocycles. The molecule has 0 unspecified atom stereocenters. The first kappa shape index (κ1) is 13.0. The minimum absolute atomic E-state index is 1.60. The highest BCUT2D eigenvalue weighted by Crippen LogP contribution is 2.32. The van der Waals surface area contributed by atoms with Gasteiger partial charge in [-0.2, -0.15) is 26.3 Å². The van der Waals surface area contributed by atoms with Crippen molar-refractivity contribution in [2.75, 3.05) is 0 Å². The summed E-state index contributed by atoms with van der Waals surface area (Å²) in [5, 5.41) is 0. The Kier molecular flexibility index (Phi) is 3.78. The molecule has 0 aliphatic heterocycles. The maximum Gasteiger partial charge on any atom is 0.389 e. The zero-order chi connectivity index (χ0) is 11.6. The van der Waals surface area contributed by atoms with Crippen LogP contribution in [0.15, 0.2) is 0 Å². The lowest BCUT2D eigenvalue weighted by atomic mass is 10.0. The van der Waals surface area contributed by atoms with Crippen LogP contribution in [0, 0.1) is 5.92 Å². The van der Waals surface area contributed by atoms with Gasteiger partial charge in [0.1, 0.15) is 0 Å². The molecule has 84 valence electrons. The molecule has 0 spiro atoms. The quantitative estimate of drug-likeness (QED) is 0.730. The van der Waals surface area contributed by atoms with E-state index in [-0.39, 0.29) is 0 Å². The van der Waals surface area contributed by atoms with E-state index in [2.05, 4.69) is 5.73 Å². The molecule has 1 amide bonds. The van der Waals surface area contributed by atoms with E-state index >= 15 is 0 Å². The number of hydrogen-bond acceptors (Lipinski definition) is 1. The van der Waals surface area contributed by atoms with Gasteiger partial charge in [-0.1, -0.05) is 0 Å². The molecule has 0 aromatic rings. The van der Waals surface area contributed by atoms with Crippen LogP contribution in [0.5, 0.6) is 0 Å². The fourth-order valence-electron chi connectivity index (χ4n) is 0.832. The number of amides is 1. The molecule has 0 aromatic carbocycles. The van der Waals surface area contributed by atoms with Crippen molar-refractivity contribution in [3.63, 3.8) is 0 Å². The Morgan fingerprint density at radius 3 is 1.43 bits per heavy atom. The minimum atomic E-state index is -4.83. The molecule has 14 heavy (non-hydrogen) atoms. The van der Waals surface area contributed by atoms with Crippen molar-refractivity contribution in [2.45, 2.75) is 25.2 Å². The molecule has 0 saturated carbocycles. The van der Waals surface area contributed by atoms with Crippen molar-refractivity contribution < 1.29 is 31.1 Å². The summed E-state index contributed by atoms with van der Waals surface area (Å²) in [7, 11) is 0. The monoisotopic (exact) mass is 223 g/mol. The molecule has 0 aromatic heterocycles. The summed E-state index contributed by atoms with van der Waals surface area (Å²) in [6, 6.07) is 0. The van der Waals surface area contributed by atoms with Crippen LogP contribution in [0.3, 0.4) is 0 Å². The second-order valence-corrected chi connectivity index (χ2v) is 2.74. The summed E-state index contributed by atoms with van der Waals surface area (Å²) in [6.45, 7) is 0. The minimum Gasteiger partial charge on any atom is -0.369 e. The Bertz CT molecular complexity index is 191. The van der Waals surface area contributed by atoms with Crippen molar-refractivity contribution in [3.05, 3.63) is 0 Å². The Balaban J connectivity index is 4.40.